The van der Waals surface area contributed by atoms with Crippen molar-refractivity contribution in [2.75, 3.05) is 46.8 Å². The van der Waals surface area contributed by atoms with Gasteiger partial charge < -0.3 is 15.1 Å². The lowest BCUT2D eigenvalue weighted by molar-refractivity contribution is 0.131. The molecule has 7 nitrogen and oxygen atoms in total. The molecule has 3 rings (SSSR count). The highest BCUT2D eigenvalue weighted by Gasteiger charge is 2.18. The first-order valence-electron chi connectivity index (χ1n) is 11.9. The van der Waals surface area contributed by atoms with Crippen LogP contribution in [0.3, 0.4) is 0 Å². The van der Waals surface area contributed by atoms with Gasteiger partial charge in [-0.05, 0) is 23.6 Å². The van der Waals surface area contributed by atoms with Gasteiger partial charge in [0.15, 0.2) is 5.96 Å². The Morgan fingerprint density at radius 2 is 1.75 bits per heavy atom. The molecule has 0 unspecified atom stereocenters. The summed E-state index contributed by atoms with van der Waals surface area (Å²) in [7, 11) is 5.93. The van der Waals surface area contributed by atoms with Crippen molar-refractivity contribution < 1.29 is 0 Å². The Bertz CT molecular complexity index is 878. The van der Waals surface area contributed by atoms with Crippen LogP contribution in [0.15, 0.2) is 35.5 Å². The third-order valence-corrected chi connectivity index (χ3v) is 6.33. The smallest absolute Gasteiger partial charge is 0.193 e. The monoisotopic (exact) mass is 439 g/mol. The molecule has 1 aliphatic rings. The third kappa shape index (κ3) is 6.33. The van der Waals surface area contributed by atoms with Crippen LogP contribution in [0, 0.1) is 0 Å². The van der Waals surface area contributed by atoms with E-state index in [1.807, 2.05) is 18.8 Å². The summed E-state index contributed by atoms with van der Waals surface area (Å²) in [5, 5.41) is 8.22. The molecule has 1 fully saturated rings. The first-order chi connectivity index (χ1) is 15.4. The van der Waals surface area contributed by atoms with Crippen molar-refractivity contribution in [2.45, 2.75) is 46.3 Å². The first-order valence-corrected chi connectivity index (χ1v) is 11.9. The molecule has 7 heteroatoms. The highest BCUT2D eigenvalue weighted by molar-refractivity contribution is 5.79. The van der Waals surface area contributed by atoms with Gasteiger partial charge in [-0.3, -0.25) is 14.6 Å². The van der Waals surface area contributed by atoms with Crippen LogP contribution in [0.5, 0.6) is 0 Å². The van der Waals surface area contributed by atoms with Gasteiger partial charge in [0.25, 0.3) is 0 Å². The van der Waals surface area contributed by atoms with E-state index in [2.05, 4.69) is 88.4 Å². The molecule has 0 aliphatic carbocycles. The van der Waals surface area contributed by atoms with E-state index in [-0.39, 0.29) is 0 Å². The standard InChI is InChI=1S/C25H41N7/c1-7-31-12-14-32(15-13-31)19-22-11-9-8-10-21(22)16-27-25(26-4)29(5)17-23-18-30(6)28-24(23)20(2)3/h8-11,18,20H,7,12-17,19H2,1-6H3,(H,26,27). The minimum absolute atomic E-state index is 0.403. The van der Waals surface area contributed by atoms with Crippen LogP contribution in [0.4, 0.5) is 0 Å². The number of aryl methyl sites for hydroxylation is 1. The average Bonchev–Trinajstić information content (AvgIpc) is 3.16. The first kappa shape index (κ1) is 24.3. The maximum absolute atomic E-state index is 4.64. The van der Waals surface area contributed by atoms with E-state index >= 15 is 0 Å². The van der Waals surface area contributed by atoms with Crippen molar-refractivity contribution in [2.24, 2.45) is 12.0 Å². The summed E-state index contributed by atoms with van der Waals surface area (Å²) in [5.41, 5.74) is 5.14. The molecule has 0 saturated carbocycles. The number of nitrogens with one attached hydrogen (secondary N) is 1. The summed E-state index contributed by atoms with van der Waals surface area (Å²) in [5.74, 6) is 1.30. The Hall–Kier alpha value is -2.38. The van der Waals surface area contributed by atoms with Crippen LogP contribution in [-0.4, -0.2) is 77.3 Å². The fourth-order valence-electron chi connectivity index (χ4n) is 4.44. The van der Waals surface area contributed by atoms with Gasteiger partial charge in [-0.2, -0.15) is 5.10 Å². The number of piperazine rings is 1. The number of aliphatic imine (C=N–C) groups is 1. The molecule has 2 aromatic rings. The van der Waals surface area contributed by atoms with E-state index in [9.17, 15) is 0 Å². The van der Waals surface area contributed by atoms with Crippen LogP contribution < -0.4 is 5.32 Å². The van der Waals surface area contributed by atoms with E-state index in [0.29, 0.717) is 5.92 Å². The van der Waals surface area contributed by atoms with Crippen LogP contribution in [0.1, 0.15) is 49.1 Å². The number of hydrogen-bond acceptors (Lipinski definition) is 4. The zero-order valence-corrected chi connectivity index (χ0v) is 20.8. The summed E-state index contributed by atoms with van der Waals surface area (Å²) in [4.78, 5) is 11.8. The maximum atomic E-state index is 4.64. The lowest BCUT2D eigenvalue weighted by atomic mass is 10.1. The van der Waals surface area contributed by atoms with Crippen molar-refractivity contribution in [1.82, 2.24) is 29.8 Å². The number of hydrogen-bond donors (Lipinski definition) is 1. The van der Waals surface area contributed by atoms with Gasteiger partial charge in [0.1, 0.15) is 0 Å². The molecule has 1 aliphatic heterocycles. The molecular formula is C25H41N7. The van der Waals surface area contributed by atoms with Crippen LogP contribution in [0.2, 0.25) is 0 Å². The predicted octanol–water partition coefficient (Wildman–Crippen LogP) is 2.89. The quantitative estimate of drug-likeness (QED) is 0.506. The molecular weight excluding hydrogens is 398 g/mol. The van der Waals surface area contributed by atoms with E-state index in [4.69, 9.17) is 0 Å². The van der Waals surface area contributed by atoms with Crippen molar-refractivity contribution in [3.63, 3.8) is 0 Å². The number of aromatic nitrogens is 2. The summed E-state index contributed by atoms with van der Waals surface area (Å²) >= 11 is 0. The topological polar surface area (TPSA) is 51.9 Å². The van der Waals surface area contributed by atoms with Crippen LogP contribution in [0.25, 0.3) is 0 Å². The number of likely N-dealkylation sites (N-methyl/N-ethyl adjacent to an activating group) is 1. The zero-order chi connectivity index (χ0) is 23.1. The second kappa shape index (κ2) is 11.5. The molecule has 32 heavy (non-hydrogen) atoms. The summed E-state index contributed by atoms with van der Waals surface area (Å²) < 4.78 is 1.91. The van der Waals surface area contributed by atoms with Gasteiger partial charge in [-0.25, -0.2) is 0 Å². The lowest BCUT2D eigenvalue weighted by Crippen LogP contribution is -2.45. The van der Waals surface area contributed by atoms with Crippen molar-refractivity contribution in [1.29, 1.82) is 0 Å². The van der Waals surface area contributed by atoms with Crippen molar-refractivity contribution in [3.05, 3.63) is 52.8 Å². The second-order valence-corrected chi connectivity index (χ2v) is 9.10. The molecule has 0 amide bonds. The molecule has 0 bridgehead atoms. The van der Waals surface area contributed by atoms with E-state index in [0.717, 1.165) is 50.9 Å². The minimum Gasteiger partial charge on any atom is -0.352 e. The van der Waals surface area contributed by atoms with Gasteiger partial charge in [0.05, 0.1) is 5.69 Å². The maximum Gasteiger partial charge on any atom is 0.193 e. The van der Waals surface area contributed by atoms with Crippen LogP contribution >= 0.6 is 0 Å². The van der Waals surface area contributed by atoms with Gasteiger partial charge in [0, 0.05) is 78.7 Å². The van der Waals surface area contributed by atoms with E-state index in [1.54, 1.807) is 0 Å². The number of nitrogens with zero attached hydrogens (tertiary/aromatic N) is 6. The second-order valence-electron chi connectivity index (χ2n) is 9.10. The summed E-state index contributed by atoms with van der Waals surface area (Å²) in [6, 6.07) is 8.78. The Morgan fingerprint density at radius 1 is 1.09 bits per heavy atom. The molecule has 1 N–H and O–H groups in total. The third-order valence-electron chi connectivity index (χ3n) is 6.33. The molecule has 1 saturated heterocycles. The Morgan fingerprint density at radius 3 is 2.38 bits per heavy atom. The Labute approximate surface area is 194 Å². The number of guanidine groups is 1. The van der Waals surface area contributed by atoms with Gasteiger partial charge in [-0.1, -0.05) is 45.0 Å². The molecule has 176 valence electrons. The van der Waals surface area contributed by atoms with Gasteiger partial charge in [-0.15, -0.1) is 0 Å². The normalized spacial score (nSPS) is 16.0. The SMILES string of the molecule is CCN1CCN(Cc2ccccc2CNC(=NC)N(C)Cc2cn(C)nc2C(C)C)CC1. The van der Waals surface area contributed by atoms with Crippen molar-refractivity contribution in [3.8, 4) is 0 Å². The van der Waals surface area contributed by atoms with E-state index in [1.165, 1.54) is 29.8 Å². The number of benzene rings is 1. The van der Waals surface area contributed by atoms with Crippen LogP contribution in [-0.2, 0) is 26.7 Å². The largest absolute Gasteiger partial charge is 0.352 e. The lowest BCUT2D eigenvalue weighted by Gasteiger charge is -2.34. The zero-order valence-electron chi connectivity index (χ0n) is 20.8. The predicted molar refractivity (Wildman–Crippen MR) is 133 cm³/mol. The Kier molecular flexibility index (Phi) is 8.70. The molecule has 1 aromatic carbocycles. The fraction of sp³-hybridized carbons (Fsp3) is 0.600. The summed E-state index contributed by atoms with van der Waals surface area (Å²) in [6.45, 7) is 15.0. The van der Waals surface area contributed by atoms with Gasteiger partial charge >= 0.3 is 0 Å². The highest BCUT2D eigenvalue weighted by Crippen LogP contribution is 2.19. The van der Waals surface area contributed by atoms with Gasteiger partial charge in [0.2, 0.25) is 0 Å². The molecule has 1 aromatic heterocycles. The van der Waals surface area contributed by atoms with E-state index < -0.39 is 0 Å². The average molecular weight is 440 g/mol. The molecule has 2 heterocycles. The molecule has 0 radical (unpaired) electrons. The molecule has 0 atom stereocenters. The number of rotatable bonds is 8. The highest BCUT2D eigenvalue weighted by atomic mass is 15.3. The fourth-order valence-corrected chi connectivity index (χ4v) is 4.44. The Balaban J connectivity index is 1.60. The summed E-state index contributed by atoms with van der Waals surface area (Å²) in [6.07, 6.45) is 2.12. The molecule has 0 spiro atoms. The minimum atomic E-state index is 0.403. The van der Waals surface area contributed by atoms with Crippen molar-refractivity contribution >= 4 is 5.96 Å².